The Balaban J connectivity index is 2.66. The van der Waals surface area contributed by atoms with Crippen LogP contribution in [0.15, 0.2) is 17.2 Å². The second-order valence-corrected chi connectivity index (χ2v) is 5.07. The van der Waals surface area contributed by atoms with E-state index in [2.05, 4.69) is 23.7 Å². The van der Waals surface area contributed by atoms with E-state index in [4.69, 9.17) is 5.11 Å². The van der Waals surface area contributed by atoms with Crippen LogP contribution in [0, 0.1) is 6.92 Å². The number of aromatic carboxylic acids is 1. The summed E-state index contributed by atoms with van der Waals surface area (Å²) in [5.41, 5.74) is 1.15. The number of aryl methyl sites for hydroxylation is 1. The molecule has 0 fully saturated rings. The van der Waals surface area contributed by atoms with Crippen molar-refractivity contribution in [1.29, 1.82) is 0 Å². The summed E-state index contributed by atoms with van der Waals surface area (Å²) in [5.74, 6) is -0.0499. The number of nitrogens with zero attached hydrogens (tertiary/aromatic N) is 2. The molecule has 1 rings (SSSR count). The van der Waals surface area contributed by atoms with Crippen LogP contribution in [0.3, 0.4) is 0 Å². The van der Waals surface area contributed by atoms with Crippen molar-refractivity contribution in [2.24, 2.45) is 0 Å². The lowest BCUT2D eigenvalue weighted by Crippen LogP contribution is -2.25. The van der Waals surface area contributed by atoms with E-state index in [0.29, 0.717) is 10.6 Å². The normalized spacial score (nSPS) is 10.9. The smallest absolute Gasteiger partial charge is 0.338 e. The molecule has 0 aliphatic rings. The summed E-state index contributed by atoms with van der Waals surface area (Å²) >= 11 is 1.51. The molecule has 0 spiro atoms. The molecule has 0 amide bonds. The Morgan fingerprint density at radius 3 is 2.61 bits per heavy atom. The molecule has 4 nitrogen and oxygen atoms in total. The highest BCUT2D eigenvalue weighted by Crippen LogP contribution is 2.21. The Bertz CT molecular complexity index is 406. The Morgan fingerprint density at radius 2 is 2.06 bits per heavy atom. The van der Waals surface area contributed by atoms with Crippen LogP contribution in [-0.2, 0) is 0 Å². The summed E-state index contributed by atoms with van der Waals surface area (Å²) in [6, 6.07) is 3.36. The molecular formula is C13H20N2O2S. The van der Waals surface area contributed by atoms with Gasteiger partial charge in [0.05, 0.1) is 5.56 Å². The largest absolute Gasteiger partial charge is 0.478 e. The minimum atomic E-state index is -0.909. The van der Waals surface area contributed by atoms with Gasteiger partial charge in [-0.3, -0.25) is 0 Å². The fraction of sp³-hybridized carbons (Fsp3) is 0.538. The van der Waals surface area contributed by atoms with E-state index in [1.807, 2.05) is 6.92 Å². The van der Waals surface area contributed by atoms with E-state index >= 15 is 0 Å². The summed E-state index contributed by atoms with van der Waals surface area (Å²) in [6.45, 7) is 9.12. The minimum absolute atomic E-state index is 0.296. The second-order valence-electron chi connectivity index (χ2n) is 3.99. The first-order valence-electron chi connectivity index (χ1n) is 6.14. The third-order valence-electron chi connectivity index (χ3n) is 2.77. The molecule has 1 aromatic heterocycles. The zero-order valence-corrected chi connectivity index (χ0v) is 12.0. The van der Waals surface area contributed by atoms with Crippen molar-refractivity contribution in [2.45, 2.75) is 25.8 Å². The molecule has 100 valence electrons. The van der Waals surface area contributed by atoms with Crippen molar-refractivity contribution in [2.75, 3.05) is 25.4 Å². The van der Waals surface area contributed by atoms with Gasteiger partial charge in [-0.25, -0.2) is 9.78 Å². The van der Waals surface area contributed by atoms with Crippen molar-refractivity contribution >= 4 is 17.7 Å². The summed E-state index contributed by atoms with van der Waals surface area (Å²) in [6.07, 6.45) is 0. The summed E-state index contributed by atoms with van der Waals surface area (Å²) in [7, 11) is 0. The van der Waals surface area contributed by atoms with Gasteiger partial charge in [0.15, 0.2) is 0 Å². The first-order valence-corrected chi connectivity index (χ1v) is 7.13. The van der Waals surface area contributed by atoms with E-state index in [1.165, 1.54) is 11.8 Å². The second kappa shape index (κ2) is 7.38. The summed E-state index contributed by atoms with van der Waals surface area (Å²) in [5, 5.41) is 9.71. The molecule has 5 heteroatoms. The highest BCUT2D eigenvalue weighted by molar-refractivity contribution is 7.99. The van der Waals surface area contributed by atoms with Crippen molar-refractivity contribution in [3.8, 4) is 0 Å². The highest BCUT2D eigenvalue weighted by atomic mass is 32.2. The van der Waals surface area contributed by atoms with Crippen LogP contribution in [0.1, 0.15) is 29.9 Å². The van der Waals surface area contributed by atoms with Gasteiger partial charge >= 0.3 is 5.97 Å². The maximum Gasteiger partial charge on any atom is 0.338 e. The number of carboxylic acid groups (broad SMARTS) is 1. The molecule has 0 aromatic carbocycles. The van der Waals surface area contributed by atoms with Crippen LogP contribution in [0.25, 0.3) is 0 Å². The maximum atomic E-state index is 11.1. The lowest BCUT2D eigenvalue weighted by atomic mass is 10.2. The fourth-order valence-electron chi connectivity index (χ4n) is 1.62. The number of aromatic nitrogens is 1. The minimum Gasteiger partial charge on any atom is -0.478 e. The van der Waals surface area contributed by atoms with E-state index in [9.17, 15) is 4.79 Å². The van der Waals surface area contributed by atoms with Crippen LogP contribution < -0.4 is 0 Å². The SMILES string of the molecule is CCN(CC)CCSc1nc(C)ccc1C(=O)O. The zero-order valence-electron chi connectivity index (χ0n) is 11.1. The van der Waals surface area contributed by atoms with E-state index in [0.717, 1.165) is 31.1 Å². The molecular weight excluding hydrogens is 248 g/mol. The van der Waals surface area contributed by atoms with E-state index in [-0.39, 0.29) is 0 Å². The number of rotatable bonds is 7. The molecule has 0 radical (unpaired) electrons. The number of carbonyl (C=O) groups is 1. The van der Waals surface area contributed by atoms with Gasteiger partial charge in [-0.2, -0.15) is 0 Å². The van der Waals surface area contributed by atoms with Gasteiger partial charge in [-0.05, 0) is 32.1 Å². The first kappa shape index (κ1) is 15.0. The van der Waals surface area contributed by atoms with Gasteiger partial charge in [0.25, 0.3) is 0 Å². The van der Waals surface area contributed by atoms with Gasteiger partial charge in [-0.15, -0.1) is 11.8 Å². The molecule has 0 saturated heterocycles. The Labute approximate surface area is 112 Å². The van der Waals surface area contributed by atoms with E-state index < -0.39 is 5.97 Å². The van der Waals surface area contributed by atoms with Crippen LogP contribution >= 0.6 is 11.8 Å². The lowest BCUT2D eigenvalue weighted by Gasteiger charge is -2.17. The molecule has 1 N–H and O–H groups in total. The predicted molar refractivity (Wildman–Crippen MR) is 74.4 cm³/mol. The van der Waals surface area contributed by atoms with Gasteiger partial charge in [0, 0.05) is 18.0 Å². The number of hydrogen-bond acceptors (Lipinski definition) is 4. The quantitative estimate of drug-likeness (QED) is 0.770. The van der Waals surface area contributed by atoms with Crippen molar-refractivity contribution in [3.05, 3.63) is 23.4 Å². The number of thioether (sulfide) groups is 1. The van der Waals surface area contributed by atoms with Crippen molar-refractivity contribution < 1.29 is 9.90 Å². The van der Waals surface area contributed by atoms with Gasteiger partial charge in [-0.1, -0.05) is 13.8 Å². The Morgan fingerprint density at radius 1 is 1.39 bits per heavy atom. The topological polar surface area (TPSA) is 53.4 Å². The average molecular weight is 268 g/mol. The molecule has 0 bridgehead atoms. The molecule has 0 unspecified atom stereocenters. The molecule has 18 heavy (non-hydrogen) atoms. The third-order valence-corrected chi connectivity index (χ3v) is 3.74. The van der Waals surface area contributed by atoms with E-state index in [1.54, 1.807) is 12.1 Å². The Kier molecular flexibility index (Phi) is 6.15. The first-order chi connectivity index (χ1) is 8.58. The number of pyridine rings is 1. The Hall–Kier alpha value is -1.07. The molecule has 1 aromatic rings. The van der Waals surface area contributed by atoms with Gasteiger partial charge < -0.3 is 10.0 Å². The molecule has 0 saturated carbocycles. The average Bonchev–Trinajstić information content (AvgIpc) is 2.34. The molecule has 0 atom stereocenters. The van der Waals surface area contributed by atoms with Crippen LogP contribution in [-0.4, -0.2) is 46.3 Å². The number of hydrogen-bond donors (Lipinski definition) is 1. The van der Waals surface area contributed by atoms with Crippen molar-refractivity contribution in [3.63, 3.8) is 0 Å². The number of carboxylic acids is 1. The van der Waals surface area contributed by atoms with Crippen LogP contribution in [0.5, 0.6) is 0 Å². The van der Waals surface area contributed by atoms with Crippen molar-refractivity contribution in [1.82, 2.24) is 9.88 Å². The maximum absolute atomic E-state index is 11.1. The lowest BCUT2D eigenvalue weighted by molar-refractivity contribution is 0.0692. The fourth-order valence-corrected chi connectivity index (χ4v) is 2.68. The highest BCUT2D eigenvalue weighted by Gasteiger charge is 2.12. The molecule has 1 heterocycles. The third kappa shape index (κ3) is 4.31. The standard InChI is InChI=1S/C13H20N2O2S/c1-4-15(5-2)8-9-18-12-11(13(16)17)7-6-10(3)14-12/h6-7H,4-5,8-9H2,1-3H3,(H,16,17). The van der Waals surface area contributed by atoms with Gasteiger partial charge in [0.1, 0.15) is 5.03 Å². The summed E-state index contributed by atoms with van der Waals surface area (Å²) < 4.78 is 0. The molecule has 0 aliphatic heterocycles. The monoisotopic (exact) mass is 268 g/mol. The molecule has 0 aliphatic carbocycles. The summed E-state index contributed by atoms with van der Waals surface area (Å²) in [4.78, 5) is 17.7. The van der Waals surface area contributed by atoms with Gasteiger partial charge in [0.2, 0.25) is 0 Å². The van der Waals surface area contributed by atoms with Crippen LogP contribution in [0.2, 0.25) is 0 Å². The zero-order chi connectivity index (χ0) is 13.5. The van der Waals surface area contributed by atoms with Crippen LogP contribution in [0.4, 0.5) is 0 Å². The predicted octanol–water partition coefficient (Wildman–Crippen LogP) is 2.52.